The minimum absolute atomic E-state index is 0.0110. The second-order valence-electron chi connectivity index (χ2n) is 4.91. The summed E-state index contributed by atoms with van der Waals surface area (Å²) in [5.74, 6) is -0.530. The summed E-state index contributed by atoms with van der Waals surface area (Å²) in [7, 11) is 0. The Bertz CT molecular complexity index is 461. The third-order valence-electron chi connectivity index (χ3n) is 3.52. The molecule has 1 aliphatic rings. The van der Waals surface area contributed by atoms with Gasteiger partial charge < -0.3 is 10.4 Å². The number of aliphatic hydroxyl groups is 1. The molecule has 1 aromatic carbocycles. The number of hydrogen-bond acceptors (Lipinski definition) is 3. The van der Waals surface area contributed by atoms with E-state index in [1.807, 2.05) is 6.07 Å². The Morgan fingerprint density at radius 2 is 2.06 bits per heavy atom. The summed E-state index contributed by atoms with van der Waals surface area (Å²) in [5, 5.41) is 22.2. The average molecular weight is 248 g/mol. The first-order chi connectivity index (χ1) is 8.64. The largest absolute Gasteiger partial charge is 0.388 e. The van der Waals surface area contributed by atoms with Gasteiger partial charge in [-0.15, -0.1) is 0 Å². The highest BCUT2D eigenvalue weighted by molar-refractivity contribution is 5.58. The van der Waals surface area contributed by atoms with Gasteiger partial charge in [0.2, 0.25) is 0 Å². The first-order valence-corrected chi connectivity index (χ1v) is 6.29. The van der Waals surface area contributed by atoms with Gasteiger partial charge in [-0.3, -0.25) is 0 Å². The monoisotopic (exact) mass is 248 g/mol. The van der Waals surface area contributed by atoms with Crippen molar-refractivity contribution < 1.29 is 9.50 Å². The van der Waals surface area contributed by atoms with Crippen molar-refractivity contribution in [2.75, 3.05) is 11.9 Å². The van der Waals surface area contributed by atoms with Crippen molar-refractivity contribution in [1.29, 1.82) is 5.26 Å². The summed E-state index contributed by atoms with van der Waals surface area (Å²) >= 11 is 0. The van der Waals surface area contributed by atoms with Crippen LogP contribution in [0.1, 0.15) is 37.7 Å². The van der Waals surface area contributed by atoms with E-state index in [-0.39, 0.29) is 5.56 Å². The van der Waals surface area contributed by atoms with Crippen molar-refractivity contribution in [3.63, 3.8) is 0 Å². The third kappa shape index (κ3) is 2.80. The minimum Gasteiger partial charge on any atom is -0.388 e. The smallest absolute Gasteiger partial charge is 0.143 e. The first kappa shape index (κ1) is 12.8. The third-order valence-corrected chi connectivity index (χ3v) is 3.52. The van der Waals surface area contributed by atoms with Gasteiger partial charge in [-0.25, -0.2) is 4.39 Å². The van der Waals surface area contributed by atoms with Crippen LogP contribution in [-0.2, 0) is 0 Å². The number of anilines is 1. The first-order valence-electron chi connectivity index (χ1n) is 6.29. The molecule has 1 saturated carbocycles. The molecule has 0 unspecified atom stereocenters. The van der Waals surface area contributed by atoms with Crippen molar-refractivity contribution in [2.45, 2.75) is 37.7 Å². The van der Waals surface area contributed by atoms with Gasteiger partial charge in [-0.1, -0.05) is 25.3 Å². The van der Waals surface area contributed by atoms with Crippen LogP contribution in [0.25, 0.3) is 0 Å². The molecule has 0 spiro atoms. The minimum atomic E-state index is -0.725. The van der Waals surface area contributed by atoms with Gasteiger partial charge in [0, 0.05) is 6.54 Å². The van der Waals surface area contributed by atoms with Gasteiger partial charge in [-0.05, 0) is 25.0 Å². The van der Waals surface area contributed by atoms with Gasteiger partial charge in [0.05, 0.1) is 11.3 Å². The summed E-state index contributed by atoms with van der Waals surface area (Å²) in [6, 6.07) is 6.33. The number of benzene rings is 1. The number of halogens is 1. The van der Waals surface area contributed by atoms with Crippen LogP contribution in [0.15, 0.2) is 18.2 Å². The van der Waals surface area contributed by atoms with Crippen LogP contribution in [0.4, 0.5) is 10.1 Å². The van der Waals surface area contributed by atoms with E-state index in [0.29, 0.717) is 12.2 Å². The van der Waals surface area contributed by atoms with Crippen LogP contribution in [0.2, 0.25) is 0 Å². The lowest BCUT2D eigenvalue weighted by Crippen LogP contribution is -2.38. The molecule has 96 valence electrons. The molecule has 1 aliphatic carbocycles. The highest BCUT2D eigenvalue weighted by Gasteiger charge is 2.29. The number of rotatable bonds is 3. The molecule has 1 aromatic rings. The van der Waals surface area contributed by atoms with Crippen molar-refractivity contribution in [1.82, 2.24) is 0 Å². The normalized spacial score (nSPS) is 18.1. The van der Waals surface area contributed by atoms with Crippen molar-refractivity contribution in [3.05, 3.63) is 29.6 Å². The van der Waals surface area contributed by atoms with Gasteiger partial charge in [0.15, 0.2) is 0 Å². The van der Waals surface area contributed by atoms with Crippen molar-refractivity contribution in [2.24, 2.45) is 0 Å². The fourth-order valence-corrected chi connectivity index (χ4v) is 2.43. The van der Waals surface area contributed by atoms with E-state index in [1.54, 1.807) is 12.1 Å². The lowest BCUT2D eigenvalue weighted by Gasteiger charge is -2.32. The summed E-state index contributed by atoms with van der Waals surface area (Å²) in [6.45, 7) is 0.366. The number of nitrogens with one attached hydrogen (secondary N) is 1. The van der Waals surface area contributed by atoms with E-state index in [0.717, 1.165) is 32.1 Å². The van der Waals surface area contributed by atoms with Gasteiger partial charge >= 0.3 is 0 Å². The van der Waals surface area contributed by atoms with Crippen molar-refractivity contribution >= 4 is 5.69 Å². The summed E-state index contributed by atoms with van der Waals surface area (Å²) in [4.78, 5) is 0. The predicted octanol–water partition coefficient (Wildman–Crippen LogP) is 2.80. The maximum absolute atomic E-state index is 13.4. The molecule has 0 heterocycles. The predicted molar refractivity (Wildman–Crippen MR) is 67.6 cm³/mol. The molecule has 0 amide bonds. The SMILES string of the molecule is N#Cc1c(F)cccc1NCC1(O)CCCCC1. The second kappa shape index (κ2) is 5.36. The van der Waals surface area contributed by atoms with Crippen LogP contribution >= 0.6 is 0 Å². The molecule has 3 nitrogen and oxygen atoms in total. The Balaban J connectivity index is 2.06. The highest BCUT2D eigenvalue weighted by atomic mass is 19.1. The van der Waals surface area contributed by atoms with E-state index >= 15 is 0 Å². The Labute approximate surface area is 106 Å². The fraction of sp³-hybridized carbons (Fsp3) is 0.500. The summed E-state index contributed by atoms with van der Waals surface area (Å²) < 4.78 is 13.4. The number of nitriles is 1. The molecular weight excluding hydrogens is 231 g/mol. The molecule has 0 atom stereocenters. The lowest BCUT2D eigenvalue weighted by atomic mass is 9.85. The molecule has 0 saturated heterocycles. The molecule has 0 bridgehead atoms. The quantitative estimate of drug-likeness (QED) is 0.864. The Hall–Kier alpha value is -1.60. The molecule has 0 aromatic heterocycles. The standard InChI is InChI=1S/C14H17FN2O/c15-12-5-4-6-13(11(12)9-16)17-10-14(18)7-2-1-3-8-14/h4-6,17-18H,1-3,7-8,10H2. The molecule has 0 aliphatic heterocycles. The lowest BCUT2D eigenvalue weighted by molar-refractivity contribution is 0.0167. The van der Waals surface area contributed by atoms with E-state index in [2.05, 4.69) is 5.32 Å². The molecule has 2 N–H and O–H groups in total. The van der Waals surface area contributed by atoms with Gasteiger partial charge in [0.1, 0.15) is 17.4 Å². The van der Waals surface area contributed by atoms with Crippen LogP contribution in [0.5, 0.6) is 0 Å². The molecule has 4 heteroatoms. The molecule has 0 radical (unpaired) electrons. The van der Waals surface area contributed by atoms with Crippen molar-refractivity contribution in [3.8, 4) is 6.07 Å². The fourth-order valence-electron chi connectivity index (χ4n) is 2.43. The average Bonchev–Trinajstić information content (AvgIpc) is 2.37. The zero-order valence-corrected chi connectivity index (χ0v) is 10.2. The number of hydrogen-bond donors (Lipinski definition) is 2. The van der Waals surface area contributed by atoms with Crippen LogP contribution in [0, 0.1) is 17.1 Å². The van der Waals surface area contributed by atoms with Crippen LogP contribution in [-0.4, -0.2) is 17.3 Å². The van der Waals surface area contributed by atoms with E-state index in [4.69, 9.17) is 5.26 Å². The van der Waals surface area contributed by atoms with Gasteiger partial charge in [-0.2, -0.15) is 5.26 Å². The second-order valence-corrected chi connectivity index (χ2v) is 4.91. The van der Waals surface area contributed by atoms with E-state index < -0.39 is 11.4 Å². The summed E-state index contributed by atoms with van der Waals surface area (Å²) in [6.07, 6.45) is 4.72. The topological polar surface area (TPSA) is 56.0 Å². The Morgan fingerprint density at radius 3 is 2.72 bits per heavy atom. The maximum atomic E-state index is 13.4. The zero-order chi connectivity index (χ0) is 13.0. The zero-order valence-electron chi connectivity index (χ0n) is 10.2. The van der Waals surface area contributed by atoms with Crippen LogP contribution in [0.3, 0.4) is 0 Å². The van der Waals surface area contributed by atoms with Crippen LogP contribution < -0.4 is 5.32 Å². The Morgan fingerprint density at radius 1 is 1.33 bits per heavy atom. The summed E-state index contributed by atoms with van der Waals surface area (Å²) in [5.41, 5.74) is -0.259. The Kier molecular flexibility index (Phi) is 3.83. The molecule has 18 heavy (non-hydrogen) atoms. The highest BCUT2D eigenvalue weighted by Crippen LogP contribution is 2.29. The maximum Gasteiger partial charge on any atom is 0.143 e. The molecule has 2 rings (SSSR count). The molecular formula is C14H17FN2O. The van der Waals surface area contributed by atoms with E-state index in [9.17, 15) is 9.50 Å². The van der Waals surface area contributed by atoms with Gasteiger partial charge in [0.25, 0.3) is 0 Å². The van der Waals surface area contributed by atoms with E-state index in [1.165, 1.54) is 6.07 Å². The number of nitrogens with zero attached hydrogens (tertiary/aromatic N) is 1. The molecule has 1 fully saturated rings.